The van der Waals surface area contributed by atoms with Crippen LogP contribution in [0, 0.1) is 5.41 Å². The predicted octanol–water partition coefficient (Wildman–Crippen LogP) is 4.69. The van der Waals surface area contributed by atoms with Gasteiger partial charge in [0.05, 0.1) is 19.4 Å². The lowest BCUT2D eigenvalue weighted by molar-refractivity contribution is 0.169. The molecule has 2 rings (SSSR count). The number of aromatic hydroxyl groups is 2. The molecule has 0 saturated heterocycles. The zero-order valence-electron chi connectivity index (χ0n) is 15.7. The number of rotatable bonds is 8. The highest BCUT2D eigenvalue weighted by atomic mass is 16.5. The summed E-state index contributed by atoms with van der Waals surface area (Å²) >= 11 is 0. The Hall–Kier alpha value is -2.76. The maximum absolute atomic E-state index is 9.73. The van der Waals surface area contributed by atoms with Gasteiger partial charge in [0.2, 0.25) is 5.75 Å². The van der Waals surface area contributed by atoms with Gasteiger partial charge in [-0.3, -0.25) is 0 Å². The van der Waals surface area contributed by atoms with Crippen molar-refractivity contribution >= 4 is 5.69 Å². The van der Waals surface area contributed by atoms with E-state index >= 15 is 0 Å². The number of benzene rings is 2. The number of methoxy groups -OCH3 is 1. The van der Waals surface area contributed by atoms with E-state index in [9.17, 15) is 10.2 Å². The molecule has 0 bridgehead atoms. The normalized spacial score (nSPS) is 11.2. The van der Waals surface area contributed by atoms with Crippen molar-refractivity contribution in [3.05, 3.63) is 30.3 Å². The van der Waals surface area contributed by atoms with E-state index in [2.05, 4.69) is 20.8 Å². The Morgan fingerprint density at radius 1 is 1.04 bits per heavy atom. The number of phenols is 2. The van der Waals surface area contributed by atoms with Crippen LogP contribution in [0.3, 0.4) is 0 Å². The average Bonchev–Trinajstić information content (AvgIpc) is 2.58. The summed E-state index contributed by atoms with van der Waals surface area (Å²) < 4.78 is 16.5. The first-order chi connectivity index (χ1) is 12.3. The summed E-state index contributed by atoms with van der Waals surface area (Å²) in [6.45, 7) is 7.09. The molecule has 26 heavy (non-hydrogen) atoms. The van der Waals surface area contributed by atoms with Gasteiger partial charge >= 0.3 is 0 Å². The molecule has 0 heterocycles. The molecular weight excluding hydrogens is 334 g/mol. The van der Waals surface area contributed by atoms with Gasteiger partial charge in [-0.05, 0) is 24.0 Å². The van der Waals surface area contributed by atoms with Crippen molar-refractivity contribution in [2.24, 2.45) is 5.41 Å². The number of nitrogens with two attached hydrogens (primary N) is 1. The molecule has 0 radical (unpaired) electrons. The Morgan fingerprint density at radius 2 is 1.77 bits per heavy atom. The molecule has 0 aliphatic carbocycles. The average molecular weight is 361 g/mol. The predicted molar refractivity (Wildman–Crippen MR) is 101 cm³/mol. The topological polar surface area (TPSA) is 94.2 Å². The number of phenolic OH excluding ortho intramolecular Hbond substituents is 2. The lowest BCUT2D eigenvalue weighted by Gasteiger charge is -2.24. The highest BCUT2D eigenvalue weighted by Crippen LogP contribution is 2.41. The molecule has 0 fully saturated rings. The third-order valence-electron chi connectivity index (χ3n) is 4.01. The molecule has 0 aliphatic heterocycles. The number of nitrogen functional groups attached to an aromatic ring is 1. The number of hydrogen-bond acceptors (Lipinski definition) is 6. The quantitative estimate of drug-likeness (QED) is 0.467. The van der Waals surface area contributed by atoms with E-state index in [0.717, 1.165) is 12.8 Å². The van der Waals surface area contributed by atoms with Crippen LogP contribution in [-0.4, -0.2) is 23.9 Å². The maximum Gasteiger partial charge on any atom is 0.200 e. The van der Waals surface area contributed by atoms with Crippen molar-refractivity contribution in [1.29, 1.82) is 0 Å². The van der Waals surface area contributed by atoms with Gasteiger partial charge in [-0.2, -0.15) is 0 Å². The fourth-order valence-corrected chi connectivity index (χ4v) is 2.65. The zero-order valence-corrected chi connectivity index (χ0v) is 15.7. The minimum atomic E-state index is -0.341. The van der Waals surface area contributed by atoms with Crippen molar-refractivity contribution in [3.8, 4) is 34.5 Å². The SMILES string of the molecule is CCCC(C)(C)COc1ccc(Oc2cc(O)c(O)c(OC)c2)c(N)c1. The van der Waals surface area contributed by atoms with Crippen LogP contribution < -0.4 is 19.9 Å². The second kappa shape index (κ2) is 8.08. The molecule has 142 valence electrons. The van der Waals surface area contributed by atoms with E-state index in [4.69, 9.17) is 19.9 Å². The first-order valence-corrected chi connectivity index (χ1v) is 8.56. The van der Waals surface area contributed by atoms with Gasteiger partial charge in [0.25, 0.3) is 0 Å². The van der Waals surface area contributed by atoms with Gasteiger partial charge in [-0.1, -0.05) is 27.2 Å². The third-order valence-corrected chi connectivity index (χ3v) is 4.01. The van der Waals surface area contributed by atoms with E-state index in [1.54, 1.807) is 18.2 Å². The molecule has 0 unspecified atom stereocenters. The van der Waals surface area contributed by atoms with E-state index in [1.807, 2.05) is 0 Å². The molecule has 2 aromatic carbocycles. The van der Waals surface area contributed by atoms with Crippen molar-refractivity contribution < 1.29 is 24.4 Å². The molecule has 0 amide bonds. The number of ether oxygens (including phenoxy) is 3. The standard InChI is InChI=1S/C20H27NO5/c1-5-8-20(2,3)12-25-13-6-7-17(15(21)9-13)26-14-10-16(22)19(23)18(11-14)24-4/h6-7,9-11,22-23H,5,8,12,21H2,1-4H3. The van der Waals surface area contributed by atoms with Crippen LogP contribution >= 0.6 is 0 Å². The number of anilines is 1. The molecule has 6 nitrogen and oxygen atoms in total. The fourth-order valence-electron chi connectivity index (χ4n) is 2.65. The summed E-state index contributed by atoms with van der Waals surface area (Å²) in [5.74, 6) is 0.808. The Balaban J connectivity index is 2.12. The van der Waals surface area contributed by atoms with Crippen LogP contribution in [0.4, 0.5) is 5.69 Å². The molecular formula is C20H27NO5. The molecule has 4 N–H and O–H groups in total. The highest BCUT2D eigenvalue weighted by molar-refractivity contribution is 5.59. The van der Waals surface area contributed by atoms with E-state index in [1.165, 1.54) is 19.2 Å². The largest absolute Gasteiger partial charge is 0.504 e. The molecule has 2 aromatic rings. The first-order valence-electron chi connectivity index (χ1n) is 8.56. The van der Waals surface area contributed by atoms with Crippen LogP contribution in [0.25, 0.3) is 0 Å². The zero-order chi connectivity index (χ0) is 19.3. The van der Waals surface area contributed by atoms with Crippen molar-refractivity contribution in [2.45, 2.75) is 33.6 Å². The third kappa shape index (κ3) is 4.88. The second-order valence-electron chi connectivity index (χ2n) is 7.00. The molecule has 0 aromatic heterocycles. The lowest BCUT2D eigenvalue weighted by Crippen LogP contribution is -2.21. The Kier molecular flexibility index (Phi) is 6.08. The summed E-state index contributed by atoms with van der Waals surface area (Å²) in [5, 5.41) is 19.4. The molecule has 0 atom stereocenters. The Morgan fingerprint density at radius 3 is 2.38 bits per heavy atom. The van der Waals surface area contributed by atoms with Gasteiger partial charge in [0, 0.05) is 18.2 Å². The van der Waals surface area contributed by atoms with Gasteiger partial charge in [0.15, 0.2) is 17.2 Å². The van der Waals surface area contributed by atoms with Crippen LogP contribution in [-0.2, 0) is 0 Å². The minimum Gasteiger partial charge on any atom is -0.504 e. The maximum atomic E-state index is 9.73. The van der Waals surface area contributed by atoms with Crippen molar-refractivity contribution in [2.75, 3.05) is 19.5 Å². The summed E-state index contributed by atoms with van der Waals surface area (Å²) in [6.07, 6.45) is 2.18. The van der Waals surface area contributed by atoms with Gasteiger partial charge < -0.3 is 30.2 Å². The molecule has 0 aliphatic rings. The molecule has 0 spiro atoms. The highest BCUT2D eigenvalue weighted by Gasteiger charge is 2.18. The summed E-state index contributed by atoms with van der Waals surface area (Å²) in [6, 6.07) is 7.94. The lowest BCUT2D eigenvalue weighted by atomic mass is 9.89. The van der Waals surface area contributed by atoms with Crippen LogP contribution in [0.1, 0.15) is 33.6 Å². The van der Waals surface area contributed by atoms with Gasteiger partial charge in [-0.15, -0.1) is 0 Å². The minimum absolute atomic E-state index is 0.0960. The molecule has 0 saturated carbocycles. The van der Waals surface area contributed by atoms with E-state index in [0.29, 0.717) is 29.5 Å². The van der Waals surface area contributed by atoms with Gasteiger partial charge in [0.1, 0.15) is 11.5 Å². The van der Waals surface area contributed by atoms with Crippen LogP contribution in [0.5, 0.6) is 34.5 Å². The monoisotopic (exact) mass is 361 g/mol. The summed E-state index contributed by atoms with van der Waals surface area (Å²) in [4.78, 5) is 0. The van der Waals surface area contributed by atoms with Crippen LogP contribution in [0.15, 0.2) is 30.3 Å². The second-order valence-corrected chi connectivity index (χ2v) is 7.00. The number of hydrogen-bond donors (Lipinski definition) is 3. The Labute approximate surface area is 154 Å². The van der Waals surface area contributed by atoms with E-state index in [-0.39, 0.29) is 22.7 Å². The smallest absolute Gasteiger partial charge is 0.200 e. The van der Waals surface area contributed by atoms with E-state index < -0.39 is 0 Å². The van der Waals surface area contributed by atoms with Crippen molar-refractivity contribution in [3.63, 3.8) is 0 Å². The fraction of sp³-hybridized carbons (Fsp3) is 0.400. The first kappa shape index (κ1) is 19.6. The van der Waals surface area contributed by atoms with Crippen molar-refractivity contribution in [1.82, 2.24) is 0 Å². The molecule has 6 heteroatoms. The summed E-state index contributed by atoms with van der Waals surface area (Å²) in [7, 11) is 1.39. The van der Waals surface area contributed by atoms with Crippen LogP contribution in [0.2, 0.25) is 0 Å². The van der Waals surface area contributed by atoms with Gasteiger partial charge in [-0.25, -0.2) is 0 Å². The summed E-state index contributed by atoms with van der Waals surface area (Å²) in [5.41, 5.74) is 6.56. The Bertz CT molecular complexity index is 758.